The van der Waals surface area contributed by atoms with E-state index >= 15 is 0 Å². The first-order chi connectivity index (χ1) is 11.0. The van der Waals surface area contributed by atoms with Crippen molar-refractivity contribution in [3.63, 3.8) is 0 Å². The Labute approximate surface area is 142 Å². The number of nitrogens with one attached hydrogen (secondary N) is 1. The molecule has 0 aliphatic rings. The molecule has 1 N–H and O–H groups in total. The lowest BCUT2D eigenvalue weighted by molar-refractivity contribution is -0.924. The van der Waals surface area contributed by atoms with Crippen molar-refractivity contribution in [2.75, 3.05) is 20.6 Å². The Morgan fingerprint density at radius 1 is 0.913 bits per heavy atom. The average molecular weight is 320 g/mol. The smallest absolute Gasteiger partial charge is 0.264 e. The van der Waals surface area contributed by atoms with Crippen LogP contribution in [0.5, 0.6) is 0 Å². The van der Waals surface area contributed by atoms with E-state index in [9.17, 15) is 4.79 Å². The molecule has 0 atom stereocenters. The van der Waals surface area contributed by atoms with Gasteiger partial charge in [0, 0.05) is 5.56 Å². The predicted octanol–water partition coefficient (Wildman–Crippen LogP) is 4.72. The highest BCUT2D eigenvalue weighted by atomic mass is 16.2. The molecule has 0 aliphatic carbocycles. The van der Waals surface area contributed by atoms with Crippen molar-refractivity contribution in [2.45, 2.75) is 65.2 Å². The number of hydrogen-bond donors (Lipinski definition) is 1. The second-order valence-electron chi connectivity index (χ2n) is 7.06. The van der Waals surface area contributed by atoms with Crippen molar-refractivity contribution in [2.24, 2.45) is 0 Å². The summed E-state index contributed by atoms with van der Waals surface area (Å²) in [6.07, 6.45) is 10.1. The highest BCUT2D eigenvalue weighted by molar-refractivity contribution is 5.93. The lowest BCUT2D eigenvalue weighted by Crippen LogP contribution is -2.54. The third-order valence-corrected chi connectivity index (χ3v) is 4.22. The molecule has 1 rings (SSSR count). The van der Waals surface area contributed by atoms with E-state index in [1.807, 2.05) is 26.2 Å². The average Bonchev–Trinajstić information content (AvgIpc) is 2.50. The number of hydrogen-bond acceptors (Lipinski definition) is 1. The Morgan fingerprint density at radius 2 is 1.52 bits per heavy atom. The summed E-state index contributed by atoms with van der Waals surface area (Å²) < 4.78 is 0.523. The quantitative estimate of drug-likeness (QED) is 0.357. The molecule has 23 heavy (non-hydrogen) atoms. The molecule has 0 aliphatic heterocycles. The fourth-order valence-electron chi connectivity index (χ4n) is 2.89. The molecular formula is C20H35N2O+. The van der Waals surface area contributed by atoms with Crippen molar-refractivity contribution in [1.82, 2.24) is 5.43 Å². The Kier molecular flexibility index (Phi) is 8.93. The van der Waals surface area contributed by atoms with E-state index in [2.05, 4.69) is 31.4 Å². The molecule has 1 aromatic rings. The maximum absolute atomic E-state index is 12.3. The fourth-order valence-corrected chi connectivity index (χ4v) is 2.89. The van der Waals surface area contributed by atoms with Crippen LogP contribution in [0.15, 0.2) is 24.3 Å². The molecule has 0 heterocycles. The number of carbonyl (C=O) groups is 1. The summed E-state index contributed by atoms with van der Waals surface area (Å²) in [6.45, 7) is 5.31. The highest BCUT2D eigenvalue weighted by Gasteiger charge is 2.18. The van der Waals surface area contributed by atoms with Gasteiger partial charge >= 0.3 is 0 Å². The van der Waals surface area contributed by atoms with Crippen LogP contribution in [0.4, 0.5) is 0 Å². The van der Waals surface area contributed by atoms with Gasteiger partial charge in [0.05, 0.1) is 14.1 Å². The van der Waals surface area contributed by atoms with Crippen LogP contribution in [0.1, 0.15) is 74.7 Å². The monoisotopic (exact) mass is 319 g/mol. The van der Waals surface area contributed by atoms with Crippen molar-refractivity contribution >= 4 is 5.91 Å². The molecule has 0 spiro atoms. The summed E-state index contributed by atoms with van der Waals surface area (Å²) in [5, 5.41) is 0. The van der Waals surface area contributed by atoms with Gasteiger partial charge in [0.1, 0.15) is 6.54 Å². The minimum atomic E-state index is 0.00886. The second-order valence-corrected chi connectivity index (χ2v) is 7.06. The van der Waals surface area contributed by atoms with Gasteiger partial charge < -0.3 is 0 Å². The van der Waals surface area contributed by atoms with Gasteiger partial charge in [-0.25, -0.2) is 4.59 Å². The van der Waals surface area contributed by atoms with E-state index in [1.165, 1.54) is 44.1 Å². The summed E-state index contributed by atoms with van der Waals surface area (Å²) in [7, 11) is 4.04. The van der Waals surface area contributed by atoms with Crippen molar-refractivity contribution in [1.29, 1.82) is 0 Å². The van der Waals surface area contributed by atoms with E-state index < -0.39 is 0 Å². The summed E-state index contributed by atoms with van der Waals surface area (Å²) in [5.41, 5.74) is 5.15. The van der Waals surface area contributed by atoms with Crippen LogP contribution < -0.4 is 5.43 Å². The minimum Gasteiger partial charge on any atom is -0.264 e. The molecule has 1 aromatic carbocycles. The molecule has 0 unspecified atom stereocenters. The first kappa shape index (κ1) is 19.7. The van der Waals surface area contributed by atoms with Crippen LogP contribution >= 0.6 is 0 Å². The summed E-state index contributed by atoms with van der Waals surface area (Å²) in [5.74, 6) is 0.00886. The second kappa shape index (κ2) is 10.4. The Hall–Kier alpha value is -1.35. The first-order valence-corrected chi connectivity index (χ1v) is 9.23. The molecule has 1 amide bonds. The normalized spacial score (nSPS) is 11.5. The standard InChI is InChI=1S/C20H34N2O/c1-5-7-8-9-10-11-12-18-13-15-19(16-14-18)20(23)21-22(3,4)17-6-2/h13-16H,5-12,17H2,1-4H3/p+1. The van der Waals surface area contributed by atoms with Crippen LogP contribution in [0.25, 0.3) is 0 Å². The van der Waals surface area contributed by atoms with Gasteiger partial charge in [-0.3, -0.25) is 4.79 Å². The molecule has 0 fully saturated rings. The number of nitrogens with zero attached hydrogens (tertiary/aromatic N) is 1. The molecule has 3 heteroatoms. The zero-order chi connectivity index (χ0) is 17.1. The SMILES string of the molecule is CCCCCCCCc1ccc(C(=O)N[N+](C)(C)CCC)cc1. The van der Waals surface area contributed by atoms with E-state index in [-0.39, 0.29) is 5.91 Å². The Bertz CT molecular complexity index is 451. The van der Waals surface area contributed by atoms with E-state index in [4.69, 9.17) is 0 Å². The lowest BCUT2D eigenvalue weighted by Gasteiger charge is -2.28. The summed E-state index contributed by atoms with van der Waals surface area (Å²) >= 11 is 0. The molecule has 3 nitrogen and oxygen atoms in total. The number of aryl methyl sites for hydroxylation is 1. The molecular weight excluding hydrogens is 284 g/mol. The minimum absolute atomic E-state index is 0.00886. The van der Waals surface area contributed by atoms with Gasteiger partial charge in [0.15, 0.2) is 0 Å². The number of benzene rings is 1. The number of unbranched alkanes of at least 4 members (excludes halogenated alkanes) is 5. The number of amides is 1. The van der Waals surface area contributed by atoms with Crippen LogP contribution in [0.3, 0.4) is 0 Å². The fraction of sp³-hybridized carbons (Fsp3) is 0.650. The van der Waals surface area contributed by atoms with Crippen molar-refractivity contribution < 1.29 is 9.39 Å². The van der Waals surface area contributed by atoms with Crippen molar-refractivity contribution in [3.8, 4) is 0 Å². The van der Waals surface area contributed by atoms with E-state index in [0.29, 0.717) is 4.59 Å². The van der Waals surface area contributed by atoms with Crippen LogP contribution in [-0.4, -0.2) is 31.1 Å². The highest BCUT2D eigenvalue weighted by Crippen LogP contribution is 2.11. The third kappa shape index (κ3) is 8.17. The summed E-state index contributed by atoms with van der Waals surface area (Å²) in [6, 6.07) is 8.10. The number of quaternary nitrogens is 1. The largest absolute Gasteiger partial charge is 0.295 e. The zero-order valence-electron chi connectivity index (χ0n) is 15.5. The topological polar surface area (TPSA) is 29.1 Å². The molecule has 130 valence electrons. The Balaban J connectivity index is 2.39. The number of rotatable bonds is 11. The molecule has 0 saturated carbocycles. The maximum atomic E-state index is 12.3. The van der Waals surface area contributed by atoms with Gasteiger partial charge in [-0.1, -0.05) is 58.1 Å². The Morgan fingerprint density at radius 3 is 2.13 bits per heavy atom. The molecule has 0 aromatic heterocycles. The third-order valence-electron chi connectivity index (χ3n) is 4.22. The van der Waals surface area contributed by atoms with Crippen LogP contribution in [-0.2, 0) is 6.42 Å². The maximum Gasteiger partial charge on any atom is 0.295 e. The lowest BCUT2D eigenvalue weighted by atomic mass is 10.0. The summed E-state index contributed by atoms with van der Waals surface area (Å²) in [4.78, 5) is 12.3. The van der Waals surface area contributed by atoms with Crippen molar-refractivity contribution in [3.05, 3.63) is 35.4 Å². The van der Waals surface area contributed by atoms with Gasteiger partial charge in [0.25, 0.3) is 5.91 Å². The zero-order valence-corrected chi connectivity index (χ0v) is 15.5. The first-order valence-electron chi connectivity index (χ1n) is 9.23. The van der Waals surface area contributed by atoms with Gasteiger partial charge in [-0.15, -0.1) is 0 Å². The van der Waals surface area contributed by atoms with Crippen LogP contribution in [0.2, 0.25) is 0 Å². The van der Waals surface area contributed by atoms with Gasteiger partial charge in [0.2, 0.25) is 0 Å². The van der Waals surface area contributed by atoms with Gasteiger partial charge in [-0.2, -0.15) is 5.43 Å². The van der Waals surface area contributed by atoms with Gasteiger partial charge in [-0.05, 0) is 37.0 Å². The predicted molar refractivity (Wildman–Crippen MR) is 98.3 cm³/mol. The molecule has 0 radical (unpaired) electrons. The van der Waals surface area contributed by atoms with E-state index in [1.54, 1.807) is 0 Å². The molecule has 0 saturated heterocycles. The van der Waals surface area contributed by atoms with E-state index in [0.717, 1.165) is 24.9 Å². The number of carbonyl (C=O) groups excluding carboxylic acids is 1. The molecule has 0 bridgehead atoms. The van der Waals surface area contributed by atoms with Crippen LogP contribution in [0, 0.1) is 0 Å².